The van der Waals surface area contributed by atoms with E-state index in [2.05, 4.69) is 38.8 Å². The van der Waals surface area contributed by atoms with Crippen molar-refractivity contribution >= 4 is 33.2 Å². The number of nitrogens with one attached hydrogen (secondary N) is 1. The van der Waals surface area contributed by atoms with Crippen LogP contribution in [0.25, 0.3) is 0 Å². The Hall–Kier alpha value is -1.13. The fraction of sp³-hybridized carbons (Fsp3) is 0.353. The van der Waals surface area contributed by atoms with Crippen LogP contribution in [0.5, 0.6) is 0 Å². The second-order valence-corrected chi connectivity index (χ2v) is 7.52. The molecule has 1 aromatic heterocycles. The average Bonchev–Trinajstić information content (AvgIpc) is 3.17. The molecule has 4 heteroatoms. The first-order valence-electron chi connectivity index (χ1n) is 7.27. The third kappa shape index (κ3) is 3.22. The summed E-state index contributed by atoms with van der Waals surface area (Å²) < 4.78 is 0.991. The Morgan fingerprint density at radius 3 is 2.52 bits per heavy atom. The molecule has 0 aliphatic heterocycles. The number of rotatable bonds is 4. The van der Waals surface area contributed by atoms with E-state index in [0.29, 0.717) is 0 Å². The van der Waals surface area contributed by atoms with E-state index in [4.69, 9.17) is 0 Å². The number of amides is 1. The van der Waals surface area contributed by atoms with Crippen LogP contribution in [0.15, 0.2) is 46.3 Å². The first-order chi connectivity index (χ1) is 10.2. The summed E-state index contributed by atoms with van der Waals surface area (Å²) in [4.78, 5) is 13.7. The molecular formula is C17H18BrNOS. The summed E-state index contributed by atoms with van der Waals surface area (Å²) in [6.45, 7) is 0.739. The van der Waals surface area contributed by atoms with Crippen molar-refractivity contribution in [3.63, 3.8) is 0 Å². The van der Waals surface area contributed by atoms with Gasteiger partial charge in [-0.3, -0.25) is 4.79 Å². The Morgan fingerprint density at radius 2 is 1.90 bits per heavy atom. The molecule has 0 spiro atoms. The standard InChI is InChI=1S/C17H18BrNOS/c18-14-7-5-13(6-8-14)16(20)19-12-17(9-1-2-10-17)15-4-3-11-21-15/h3-8,11H,1-2,9-10,12H2,(H,19,20). The maximum absolute atomic E-state index is 12.3. The summed E-state index contributed by atoms with van der Waals surface area (Å²) in [5, 5.41) is 5.27. The van der Waals surface area contributed by atoms with E-state index < -0.39 is 0 Å². The van der Waals surface area contributed by atoms with Gasteiger partial charge in [0.2, 0.25) is 0 Å². The molecular weight excluding hydrogens is 346 g/mol. The van der Waals surface area contributed by atoms with Crippen molar-refractivity contribution in [3.05, 3.63) is 56.7 Å². The van der Waals surface area contributed by atoms with Gasteiger partial charge in [-0.1, -0.05) is 34.8 Å². The maximum Gasteiger partial charge on any atom is 0.251 e. The summed E-state index contributed by atoms with van der Waals surface area (Å²) in [7, 11) is 0. The van der Waals surface area contributed by atoms with Gasteiger partial charge in [0, 0.05) is 26.9 Å². The van der Waals surface area contributed by atoms with Crippen LogP contribution in [-0.4, -0.2) is 12.5 Å². The van der Waals surface area contributed by atoms with E-state index in [1.54, 1.807) is 0 Å². The number of carbonyl (C=O) groups excluding carboxylic acids is 1. The number of thiophene rings is 1. The molecule has 0 radical (unpaired) electrons. The van der Waals surface area contributed by atoms with Gasteiger partial charge in [0.15, 0.2) is 0 Å². The van der Waals surface area contributed by atoms with Crippen molar-refractivity contribution < 1.29 is 4.79 Å². The molecule has 1 aliphatic carbocycles. The van der Waals surface area contributed by atoms with Gasteiger partial charge in [-0.2, -0.15) is 0 Å². The van der Waals surface area contributed by atoms with Crippen molar-refractivity contribution in [1.29, 1.82) is 0 Å². The third-order valence-corrected chi connectivity index (χ3v) is 5.94. The van der Waals surface area contributed by atoms with E-state index in [0.717, 1.165) is 16.6 Å². The van der Waals surface area contributed by atoms with Gasteiger partial charge in [0.05, 0.1) is 0 Å². The Labute approximate surface area is 137 Å². The lowest BCUT2D eigenvalue weighted by atomic mass is 9.84. The zero-order valence-electron chi connectivity index (χ0n) is 11.8. The van der Waals surface area contributed by atoms with Gasteiger partial charge >= 0.3 is 0 Å². The Bertz CT molecular complexity index is 600. The van der Waals surface area contributed by atoms with Crippen LogP contribution in [-0.2, 0) is 5.41 Å². The lowest BCUT2D eigenvalue weighted by Crippen LogP contribution is -2.38. The highest BCUT2D eigenvalue weighted by Crippen LogP contribution is 2.42. The second kappa shape index (κ2) is 6.32. The highest BCUT2D eigenvalue weighted by Gasteiger charge is 2.36. The van der Waals surface area contributed by atoms with E-state index in [9.17, 15) is 4.79 Å². The van der Waals surface area contributed by atoms with Crippen LogP contribution in [0, 0.1) is 0 Å². The molecule has 3 rings (SSSR count). The molecule has 1 N–H and O–H groups in total. The minimum Gasteiger partial charge on any atom is -0.351 e. The minimum absolute atomic E-state index is 0.0188. The van der Waals surface area contributed by atoms with Crippen LogP contribution in [0.3, 0.4) is 0 Å². The zero-order chi connectivity index (χ0) is 14.7. The lowest BCUT2D eigenvalue weighted by molar-refractivity contribution is 0.0943. The number of hydrogen-bond donors (Lipinski definition) is 1. The number of carbonyl (C=O) groups is 1. The molecule has 1 aliphatic rings. The SMILES string of the molecule is O=C(NCC1(c2cccs2)CCCC1)c1ccc(Br)cc1. The molecule has 1 heterocycles. The van der Waals surface area contributed by atoms with E-state index in [1.807, 2.05) is 35.6 Å². The van der Waals surface area contributed by atoms with Gasteiger partial charge < -0.3 is 5.32 Å². The Balaban J connectivity index is 1.70. The smallest absolute Gasteiger partial charge is 0.251 e. The van der Waals surface area contributed by atoms with Crippen molar-refractivity contribution in [1.82, 2.24) is 5.32 Å². The average molecular weight is 364 g/mol. The topological polar surface area (TPSA) is 29.1 Å². The van der Waals surface area contributed by atoms with Crippen LogP contribution in [0.4, 0.5) is 0 Å². The highest BCUT2D eigenvalue weighted by atomic mass is 79.9. The van der Waals surface area contributed by atoms with Gasteiger partial charge in [-0.25, -0.2) is 0 Å². The Kier molecular flexibility index (Phi) is 4.45. The molecule has 0 saturated heterocycles. The van der Waals surface area contributed by atoms with Gasteiger partial charge in [-0.05, 0) is 48.6 Å². The summed E-state index contributed by atoms with van der Waals surface area (Å²) in [5.41, 5.74) is 0.872. The molecule has 1 amide bonds. The molecule has 1 aromatic carbocycles. The van der Waals surface area contributed by atoms with Crippen molar-refractivity contribution in [2.75, 3.05) is 6.54 Å². The van der Waals surface area contributed by atoms with Gasteiger partial charge in [0.1, 0.15) is 0 Å². The normalized spacial score (nSPS) is 16.8. The quantitative estimate of drug-likeness (QED) is 0.833. The molecule has 2 nitrogen and oxygen atoms in total. The van der Waals surface area contributed by atoms with Crippen LogP contribution in [0.1, 0.15) is 40.9 Å². The third-order valence-electron chi connectivity index (χ3n) is 4.30. The predicted octanol–water partition coefficient (Wildman–Crippen LogP) is 4.75. The first kappa shape index (κ1) is 14.8. The molecule has 1 fully saturated rings. The van der Waals surface area contributed by atoms with Gasteiger partial charge in [0.25, 0.3) is 5.91 Å². The van der Waals surface area contributed by atoms with Crippen LogP contribution in [0.2, 0.25) is 0 Å². The molecule has 0 atom stereocenters. The molecule has 0 unspecified atom stereocenters. The first-order valence-corrected chi connectivity index (χ1v) is 8.95. The summed E-state index contributed by atoms with van der Waals surface area (Å²) in [5.74, 6) is 0.0188. The van der Waals surface area contributed by atoms with Crippen LogP contribution >= 0.6 is 27.3 Å². The van der Waals surface area contributed by atoms with Crippen molar-refractivity contribution in [2.45, 2.75) is 31.1 Å². The lowest BCUT2D eigenvalue weighted by Gasteiger charge is -2.28. The van der Waals surface area contributed by atoms with Crippen molar-refractivity contribution in [2.24, 2.45) is 0 Å². The largest absolute Gasteiger partial charge is 0.351 e. The molecule has 110 valence electrons. The van der Waals surface area contributed by atoms with E-state index in [1.165, 1.54) is 30.6 Å². The van der Waals surface area contributed by atoms with Crippen molar-refractivity contribution in [3.8, 4) is 0 Å². The van der Waals surface area contributed by atoms with E-state index in [-0.39, 0.29) is 11.3 Å². The molecule has 21 heavy (non-hydrogen) atoms. The van der Waals surface area contributed by atoms with E-state index >= 15 is 0 Å². The maximum atomic E-state index is 12.3. The molecule has 1 saturated carbocycles. The fourth-order valence-corrected chi connectivity index (χ4v) is 4.35. The number of halogens is 1. The number of hydrogen-bond acceptors (Lipinski definition) is 2. The predicted molar refractivity (Wildman–Crippen MR) is 90.9 cm³/mol. The second-order valence-electron chi connectivity index (χ2n) is 5.65. The fourth-order valence-electron chi connectivity index (χ4n) is 3.10. The molecule has 0 bridgehead atoms. The summed E-state index contributed by atoms with van der Waals surface area (Å²) in [6.07, 6.45) is 4.86. The van der Waals surface area contributed by atoms with Gasteiger partial charge in [-0.15, -0.1) is 11.3 Å². The van der Waals surface area contributed by atoms with Crippen LogP contribution < -0.4 is 5.32 Å². The summed E-state index contributed by atoms with van der Waals surface area (Å²) >= 11 is 5.20. The Morgan fingerprint density at radius 1 is 1.19 bits per heavy atom. The number of benzene rings is 1. The monoisotopic (exact) mass is 363 g/mol. The molecule has 2 aromatic rings. The summed E-state index contributed by atoms with van der Waals surface area (Å²) in [6, 6.07) is 11.8. The zero-order valence-corrected chi connectivity index (χ0v) is 14.2. The minimum atomic E-state index is 0.0188. The highest BCUT2D eigenvalue weighted by molar-refractivity contribution is 9.10.